The van der Waals surface area contributed by atoms with Gasteiger partial charge >= 0.3 is 0 Å². The Bertz CT molecular complexity index is 1210. The number of ketones is 1. The van der Waals surface area contributed by atoms with E-state index in [2.05, 4.69) is 25.4 Å². The Hall–Kier alpha value is -3.39. The number of carbonyl (C=O) groups excluding carboxylic acids is 1. The largest absolute Gasteiger partial charge is 0.448 e. The van der Waals surface area contributed by atoms with Gasteiger partial charge in [0.2, 0.25) is 0 Å². The van der Waals surface area contributed by atoms with Crippen LogP contribution >= 0.6 is 0 Å². The van der Waals surface area contributed by atoms with Gasteiger partial charge in [-0.25, -0.2) is 4.98 Å². The molecule has 5 rings (SSSR count). The quantitative estimate of drug-likeness (QED) is 0.513. The van der Waals surface area contributed by atoms with E-state index >= 15 is 0 Å². The smallest absolute Gasteiger partial charge is 0.197 e. The second-order valence-electron chi connectivity index (χ2n) is 7.69. The Morgan fingerprint density at radius 2 is 2.03 bits per heavy atom. The van der Waals surface area contributed by atoms with Crippen LogP contribution in [0.25, 0.3) is 22.0 Å². The van der Waals surface area contributed by atoms with E-state index in [1.165, 1.54) is 6.26 Å². The summed E-state index contributed by atoms with van der Waals surface area (Å²) in [5, 5.41) is 8.47. The van der Waals surface area contributed by atoms with Crippen molar-refractivity contribution in [2.45, 2.75) is 25.2 Å². The van der Waals surface area contributed by atoms with Gasteiger partial charge < -0.3 is 9.73 Å². The van der Waals surface area contributed by atoms with Crippen molar-refractivity contribution in [1.29, 1.82) is 0 Å². The summed E-state index contributed by atoms with van der Waals surface area (Å²) in [7, 11) is 1.88. The molecule has 4 aromatic heterocycles. The monoisotopic (exact) mass is 402 g/mol. The van der Waals surface area contributed by atoms with Crippen LogP contribution in [0.3, 0.4) is 0 Å². The minimum Gasteiger partial charge on any atom is -0.448 e. The zero-order valence-electron chi connectivity index (χ0n) is 16.7. The molecule has 0 saturated carbocycles. The van der Waals surface area contributed by atoms with Crippen molar-refractivity contribution in [2.24, 2.45) is 7.05 Å². The molecule has 4 aromatic rings. The Kier molecular flexibility index (Phi) is 4.84. The van der Waals surface area contributed by atoms with Gasteiger partial charge in [0.15, 0.2) is 11.7 Å². The van der Waals surface area contributed by atoms with Crippen molar-refractivity contribution >= 4 is 16.7 Å². The number of nitrogens with zero attached hydrogens (tertiary/aromatic N) is 5. The van der Waals surface area contributed by atoms with E-state index in [1.54, 1.807) is 17.1 Å². The fourth-order valence-corrected chi connectivity index (χ4v) is 3.83. The maximum Gasteiger partial charge on any atom is 0.197 e. The molecule has 1 aliphatic heterocycles. The molecule has 0 spiro atoms. The van der Waals surface area contributed by atoms with Crippen LogP contribution in [0.5, 0.6) is 0 Å². The molecule has 8 heteroatoms. The van der Waals surface area contributed by atoms with Crippen LogP contribution in [0.15, 0.2) is 47.6 Å². The second-order valence-corrected chi connectivity index (χ2v) is 7.69. The standard InChI is InChI=1S/C22H22N6O2/c1-28-12-17(10-26-28)16-6-15-7-18(24-11-19(15)25-9-16)8-21(29)20-13-30-22(27-20)14-2-4-23-5-3-14/h6-7,9-14,23H,2-5,8H2,1H3. The first-order chi connectivity index (χ1) is 14.7. The number of nitrogens with one attached hydrogen (secondary N) is 1. The normalized spacial score (nSPS) is 15.0. The van der Waals surface area contributed by atoms with E-state index in [-0.39, 0.29) is 18.1 Å². The van der Waals surface area contributed by atoms with E-state index < -0.39 is 0 Å². The van der Waals surface area contributed by atoms with E-state index in [1.807, 2.05) is 31.6 Å². The number of aryl methyl sites for hydroxylation is 1. The highest BCUT2D eigenvalue weighted by molar-refractivity contribution is 5.95. The molecular weight excluding hydrogens is 380 g/mol. The molecule has 0 atom stereocenters. The molecule has 0 bridgehead atoms. The topological polar surface area (TPSA) is 98.7 Å². The third-order valence-corrected chi connectivity index (χ3v) is 5.50. The lowest BCUT2D eigenvalue weighted by Crippen LogP contribution is -2.26. The lowest BCUT2D eigenvalue weighted by molar-refractivity contribution is 0.0987. The van der Waals surface area contributed by atoms with Crippen molar-refractivity contribution < 1.29 is 9.21 Å². The number of piperidine rings is 1. The van der Waals surface area contributed by atoms with Crippen molar-refractivity contribution in [3.8, 4) is 11.1 Å². The van der Waals surface area contributed by atoms with Crippen molar-refractivity contribution in [3.05, 3.63) is 60.5 Å². The number of aromatic nitrogens is 5. The van der Waals surface area contributed by atoms with E-state index in [4.69, 9.17) is 4.42 Å². The number of carbonyl (C=O) groups is 1. The number of Topliss-reactive ketones (excluding diaryl/α,β-unsaturated/α-hetero) is 1. The number of hydrogen-bond acceptors (Lipinski definition) is 7. The molecule has 5 heterocycles. The zero-order valence-corrected chi connectivity index (χ0v) is 16.7. The molecule has 1 N–H and O–H groups in total. The highest BCUT2D eigenvalue weighted by Gasteiger charge is 2.22. The lowest BCUT2D eigenvalue weighted by Gasteiger charge is -2.19. The van der Waals surface area contributed by atoms with Crippen LogP contribution in [0.2, 0.25) is 0 Å². The summed E-state index contributed by atoms with van der Waals surface area (Å²) in [4.78, 5) is 26.1. The number of rotatable bonds is 5. The van der Waals surface area contributed by atoms with E-state index in [0.717, 1.165) is 48.0 Å². The predicted molar refractivity (Wildman–Crippen MR) is 111 cm³/mol. The van der Waals surface area contributed by atoms with Gasteiger partial charge in [-0.2, -0.15) is 5.10 Å². The van der Waals surface area contributed by atoms with Gasteiger partial charge in [0.25, 0.3) is 0 Å². The zero-order chi connectivity index (χ0) is 20.5. The average Bonchev–Trinajstić information content (AvgIpc) is 3.43. The third kappa shape index (κ3) is 3.73. The van der Waals surface area contributed by atoms with Gasteiger partial charge in [0.1, 0.15) is 12.0 Å². The second kappa shape index (κ2) is 7.79. The van der Waals surface area contributed by atoms with E-state index in [0.29, 0.717) is 17.3 Å². The lowest BCUT2D eigenvalue weighted by atomic mass is 9.98. The van der Waals surface area contributed by atoms with Gasteiger partial charge in [-0.15, -0.1) is 0 Å². The molecular formula is C22H22N6O2. The summed E-state index contributed by atoms with van der Waals surface area (Å²) < 4.78 is 7.36. The fraction of sp³-hybridized carbons (Fsp3) is 0.318. The minimum absolute atomic E-state index is 0.0952. The summed E-state index contributed by atoms with van der Waals surface area (Å²) in [6.07, 6.45) is 10.9. The van der Waals surface area contributed by atoms with Gasteiger partial charge in [-0.05, 0) is 38.1 Å². The first-order valence-electron chi connectivity index (χ1n) is 10.1. The molecule has 1 aliphatic rings. The van der Waals surface area contributed by atoms with Gasteiger partial charge in [0, 0.05) is 47.6 Å². The fourth-order valence-electron chi connectivity index (χ4n) is 3.83. The van der Waals surface area contributed by atoms with Crippen LogP contribution in [0.1, 0.15) is 40.8 Å². The molecule has 1 fully saturated rings. The maximum atomic E-state index is 12.7. The summed E-state index contributed by atoms with van der Waals surface area (Å²) in [5.74, 6) is 0.849. The van der Waals surface area contributed by atoms with Crippen molar-refractivity contribution in [1.82, 2.24) is 30.0 Å². The molecule has 152 valence electrons. The molecule has 8 nitrogen and oxygen atoms in total. The van der Waals surface area contributed by atoms with E-state index in [9.17, 15) is 4.79 Å². The Balaban J connectivity index is 1.35. The van der Waals surface area contributed by atoms with Crippen LogP contribution in [0, 0.1) is 0 Å². The predicted octanol–water partition coefficient (Wildman–Crippen LogP) is 2.91. The summed E-state index contributed by atoms with van der Waals surface area (Å²) in [6, 6.07) is 3.95. The van der Waals surface area contributed by atoms with Gasteiger partial charge in [-0.3, -0.25) is 19.4 Å². The van der Waals surface area contributed by atoms with Gasteiger partial charge in [-0.1, -0.05) is 0 Å². The number of hydrogen-bond donors (Lipinski definition) is 1. The Labute approximate surface area is 173 Å². The van der Waals surface area contributed by atoms with Crippen LogP contribution in [0.4, 0.5) is 0 Å². The SMILES string of the molecule is Cn1cc(-c2cnc3cnc(CC(=O)c4coc(C5CCNCC5)n4)cc3c2)cn1. The first-order valence-corrected chi connectivity index (χ1v) is 10.1. The maximum absolute atomic E-state index is 12.7. The number of fused-ring (bicyclic) bond motifs is 1. The minimum atomic E-state index is -0.0952. The van der Waals surface area contributed by atoms with Crippen LogP contribution in [-0.4, -0.2) is 43.6 Å². The molecule has 30 heavy (non-hydrogen) atoms. The Morgan fingerprint density at radius 3 is 2.83 bits per heavy atom. The Morgan fingerprint density at radius 1 is 1.17 bits per heavy atom. The molecule has 0 unspecified atom stereocenters. The number of oxazole rings is 1. The van der Waals surface area contributed by atoms with Crippen molar-refractivity contribution in [3.63, 3.8) is 0 Å². The summed E-state index contributed by atoms with van der Waals surface area (Å²) in [5.41, 5.74) is 3.81. The molecule has 0 radical (unpaired) electrons. The van der Waals surface area contributed by atoms with Crippen LogP contribution in [-0.2, 0) is 13.5 Å². The number of pyridine rings is 2. The van der Waals surface area contributed by atoms with Crippen molar-refractivity contribution in [2.75, 3.05) is 13.1 Å². The molecule has 0 aliphatic carbocycles. The highest BCUT2D eigenvalue weighted by atomic mass is 16.3. The summed E-state index contributed by atoms with van der Waals surface area (Å²) >= 11 is 0. The third-order valence-electron chi connectivity index (χ3n) is 5.50. The molecule has 1 saturated heterocycles. The average molecular weight is 402 g/mol. The van der Waals surface area contributed by atoms with Gasteiger partial charge in [0.05, 0.1) is 24.3 Å². The highest BCUT2D eigenvalue weighted by Crippen LogP contribution is 2.25. The summed E-state index contributed by atoms with van der Waals surface area (Å²) in [6.45, 7) is 1.90. The molecule has 0 amide bonds. The molecule has 0 aromatic carbocycles. The first kappa shape index (κ1) is 18.6. The van der Waals surface area contributed by atoms with Crippen LogP contribution < -0.4 is 5.32 Å².